The predicted octanol–water partition coefficient (Wildman–Crippen LogP) is 4.74. The Morgan fingerprint density at radius 3 is 2.70 bits per heavy atom. The van der Waals surface area contributed by atoms with E-state index in [0.29, 0.717) is 26.8 Å². The van der Waals surface area contributed by atoms with Gasteiger partial charge >= 0.3 is 0 Å². The van der Waals surface area contributed by atoms with E-state index in [1.165, 1.54) is 11.3 Å². The molecule has 1 saturated heterocycles. The van der Waals surface area contributed by atoms with E-state index in [2.05, 4.69) is 15.9 Å². The van der Waals surface area contributed by atoms with Crippen LogP contribution in [0, 0.1) is 0 Å². The molecular formula is C18H15BrClNO4S2. The smallest absolute Gasteiger partial charge is 0.266 e. The molecule has 1 fully saturated rings. The van der Waals surface area contributed by atoms with Crippen molar-refractivity contribution in [2.45, 2.75) is 19.0 Å². The number of thiophene rings is 1. The highest BCUT2D eigenvalue weighted by Crippen LogP contribution is 2.37. The molecule has 27 heavy (non-hydrogen) atoms. The maximum absolute atomic E-state index is 13.3. The first-order valence-corrected chi connectivity index (χ1v) is 12.1. The fraction of sp³-hybridized carbons (Fsp3) is 0.278. The van der Waals surface area contributed by atoms with Crippen LogP contribution in [0.2, 0.25) is 5.02 Å². The summed E-state index contributed by atoms with van der Waals surface area (Å²) in [6, 6.07) is 10.7. The molecule has 0 bridgehead atoms. The Balaban J connectivity index is 1.72. The van der Waals surface area contributed by atoms with E-state index in [9.17, 15) is 13.2 Å². The van der Waals surface area contributed by atoms with Crippen molar-refractivity contribution >= 4 is 64.7 Å². The lowest BCUT2D eigenvalue weighted by molar-refractivity contribution is 0.0671. The van der Waals surface area contributed by atoms with E-state index in [-0.39, 0.29) is 24.0 Å². The van der Waals surface area contributed by atoms with Crippen LogP contribution in [-0.4, -0.2) is 36.8 Å². The van der Waals surface area contributed by atoms with Crippen molar-refractivity contribution in [3.8, 4) is 0 Å². The van der Waals surface area contributed by atoms with Gasteiger partial charge in [-0.1, -0.05) is 29.8 Å². The third-order valence-electron chi connectivity index (χ3n) is 4.59. The van der Waals surface area contributed by atoms with Gasteiger partial charge in [-0.15, -0.1) is 11.3 Å². The number of hydrogen-bond donors (Lipinski definition) is 0. The lowest BCUT2D eigenvalue weighted by Gasteiger charge is -2.27. The van der Waals surface area contributed by atoms with Gasteiger partial charge in [-0.2, -0.15) is 0 Å². The fourth-order valence-electron chi connectivity index (χ4n) is 3.27. The fourth-order valence-corrected chi connectivity index (χ4v) is 6.81. The molecule has 142 valence electrons. The third kappa shape index (κ3) is 3.81. The van der Waals surface area contributed by atoms with E-state index in [1.54, 1.807) is 17.0 Å². The maximum Gasteiger partial charge on any atom is 0.266 e. The topological polar surface area (TPSA) is 67.6 Å². The summed E-state index contributed by atoms with van der Waals surface area (Å²) in [4.78, 5) is 15.3. The first-order chi connectivity index (χ1) is 12.8. The minimum Gasteiger partial charge on any atom is -0.452 e. The molecule has 3 heterocycles. The SMILES string of the molecule is O=C(c1sc2ccccc2c1Cl)N(Cc1ccc(Br)o1)[C@@H]1CCS(=O)(=O)C1. The van der Waals surface area contributed by atoms with Crippen LogP contribution >= 0.6 is 38.9 Å². The molecule has 3 aromatic rings. The van der Waals surface area contributed by atoms with E-state index >= 15 is 0 Å². The summed E-state index contributed by atoms with van der Waals surface area (Å²) in [6.45, 7) is 0.190. The summed E-state index contributed by atoms with van der Waals surface area (Å²) < 4.78 is 31.0. The second-order valence-corrected chi connectivity index (χ2v) is 10.9. The van der Waals surface area contributed by atoms with Gasteiger partial charge in [0.2, 0.25) is 0 Å². The van der Waals surface area contributed by atoms with E-state index in [1.807, 2.05) is 24.3 Å². The lowest BCUT2D eigenvalue weighted by atomic mass is 10.2. The first kappa shape index (κ1) is 19.0. The summed E-state index contributed by atoms with van der Waals surface area (Å²) in [7, 11) is -3.14. The van der Waals surface area contributed by atoms with E-state index < -0.39 is 15.9 Å². The monoisotopic (exact) mass is 487 g/mol. The highest BCUT2D eigenvalue weighted by molar-refractivity contribution is 9.10. The summed E-state index contributed by atoms with van der Waals surface area (Å²) in [5.74, 6) is 0.361. The van der Waals surface area contributed by atoms with Crippen molar-refractivity contribution in [3.05, 3.63) is 56.7 Å². The number of hydrogen-bond acceptors (Lipinski definition) is 5. The molecule has 0 N–H and O–H groups in total. The standard InChI is InChI=1S/C18H15BrClNO4S2/c19-15-6-5-12(25-15)9-21(11-7-8-27(23,24)10-11)18(22)17-16(20)13-3-1-2-4-14(13)26-17/h1-6,11H,7-10H2/t11-/m1/s1. The Bertz CT molecular complexity index is 1120. The number of carbonyl (C=O) groups excluding carboxylic acids is 1. The number of nitrogens with zero attached hydrogens (tertiary/aromatic N) is 1. The molecule has 0 aliphatic carbocycles. The van der Waals surface area contributed by atoms with Gasteiger partial charge < -0.3 is 9.32 Å². The number of rotatable bonds is 4. The van der Waals surface area contributed by atoms with Gasteiger partial charge in [-0.3, -0.25) is 4.79 Å². The maximum atomic E-state index is 13.3. The summed E-state index contributed by atoms with van der Waals surface area (Å²) >= 11 is 11.1. The number of benzene rings is 1. The molecule has 1 aliphatic rings. The number of amides is 1. The minimum atomic E-state index is -3.14. The van der Waals surface area contributed by atoms with Crippen LogP contribution in [-0.2, 0) is 16.4 Å². The van der Waals surface area contributed by atoms with Crippen molar-refractivity contribution in [1.82, 2.24) is 4.90 Å². The van der Waals surface area contributed by atoms with Crippen molar-refractivity contribution < 1.29 is 17.6 Å². The molecule has 0 saturated carbocycles. The summed E-state index contributed by atoms with van der Waals surface area (Å²) in [6.07, 6.45) is 0.415. The van der Waals surface area contributed by atoms with Crippen LogP contribution in [0.4, 0.5) is 0 Å². The predicted molar refractivity (Wildman–Crippen MR) is 110 cm³/mol. The average Bonchev–Trinajstić information content (AvgIpc) is 3.30. The Morgan fingerprint density at radius 2 is 2.07 bits per heavy atom. The summed E-state index contributed by atoms with van der Waals surface area (Å²) in [5.41, 5.74) is 0. The highest BCUT2D eigenvalue weighted by atomic mass is 79.9. The van der Waals surface area contributed by atoms with Crippen molar-refractivity contribution in [1.29, 1.82) is 0 Å². The second kappa shape index (κ2) is 7.24. The van der Waals surface area contributed by atoms with Crippen LogP contribution in [0.1, 0.15) is 21.9 Å². The van der Waals surface area contributed by atoms with Crippen molar-refractivity contribution in [3.63, 3.8) is 0 Å². The number of fused-ring (bicyclic) bond motifs is 1. The number of sulfone groups is 1. The quantitative estimate of drug-likeness (QED) is 0.532. The van der Waals surface area contributed by atoms with Gasteiger partial charge in [0.1, 0.15) is 10.6 Å². The Hall–Kier alpha value is -1.35. The molecule has 5 nitrogen and oxygen atoms in total. The van der Waals surface area contributed by atoms with Gasteiger partial charge in [0, 0.05) is 16.1 Å². The molecule has 0 unspecified atom stereocenters. The minimum absolute atomic E-state index is 0.0386. The molecule has 4 rings (SSSR count). The Labute approximate surface area is 174 Å². The molecule has 0 spiro atoms. The molecule has 1 atom stereocenters. The van der Waals surface area contributed by atoms with Crippen LogP contribution in [0.15, 0.2) is 45.5 Å². The first-order valence-electron chi connectivity index (χ1n) is 8.27. The normalized spacial score (nSPS) is 18.8. The van der Waals surface area contributed by atoms with Gasteiger partial charge in [-0.05, 0) is 40.5 Å². The largest absolute Gasteiger partial charge is 0.452 e. The van der Waals surface area contributed by atoms with Crippen LogP contribution in [0.3, 0.4) is 0 Å². The van der Waals surface area contributed by atoms with Crippen LogP contribution < -0.4 is 0 Å². The van der Waals surface area contributed by atoms with Crippen LogP contribution in [0.5, 0.6) is 0 Å². The van der Waals surface area contributed by atoms with E-state index in [0.717, 1.165) is 10.1 Å². The molecule has 0 radical (unpaired) electrons. The van der Waals surface area contributed by atoms with Crippen molar-refractivity contribution in [2.24, 2.45) is 0 Å². The zero-order chi connectivity index (χ0) is 19.2. The average molecular weight is 489 g/mol. The van der Waals surface area contributed by atoms with Gasteiger partial charge in [0.25, 0.3) is 5.91 Å². The summed E-state index contributed by atoms with van der Waals surface area (Å²) in [5, 5.41) is 1.24. The van der Waals surface area contributed by atoms with E-state index in [4.69, 9.17) is 16.0 Å². The van der Waals surface area contributed by atoms with Crippen molar-refractivity contribution in [2.75, 3.05) is 11.5 Å². The highest BCUT2D eigenvalue weighted by Gasteiger charge is 2.36. The lowest BCUT2D eigenvalue weighted by Crippen LogP contribution is -2.40. The molecular weight excluding hydrogens is 474 g/mol. The molecule has 9 heteroatoms. The zero-order valence-corrected chi connectivity index (χ0v) is 18.0. The molecule has 1 aliphatic heterocycles. The van der Waals surface area contributed by atoms with Gasteiger partial charge in [0.05, 0.1) is 23.1 Å². The second-order valence-electron chi connectivity index (χ2n) is 6.44. The third-order valence-corrected chi connectivity index (χ3v) is 8.43. The van der Waals surface area contributed by atoms with Crippen LogP contribution in [0.25, 0.3) is 10.1 Å². The zero-order valence-electron chi connectivity index (χ0n) is 14.0. The Morgan fingerprint density at radius 1 is 1.30 bits per heavy atom. The number of halogens is 2. The molecule has 1 amide bonds. The number of furan rings is 1. The van der Waals surface area contributed by atoms with Gasteiger partial charge in [-0.25, -0.2) is 8.42 Å². The van der Waals surface area contributed by atoms with Gasteiger partial charge in [0.15, 0.2) is 14.5 Å². The number of carbonyl (C=O) groups is 1. The molecule has 2 aromatic heterocycles. The Kier molecular flexibility index (Phi) is 5.09. The molecule has 1 aromatic carbocycles.